The van der Waals surface area contributed by atoms with Crippen molar-refractivity contribution in [3.8, 4) is 12.3 Å². The second kappa shape index (κ2) is 8.13. The van der Waals surface area contributed by atoms with Crippen LogP contribution in [0.4, 0.5) is 4.79 Å². The van der Waals surface area contributed by atoms with Gasteiger partial charge in [0.15, 0.2) is 0 Å². The summed E-state index contributed by atoms with van der Waals surface area (Å²) >= 11 is 0. The van der Waals surface area contributed by atoms with Gasteiger partial charge in [-0.15, -0.1) is 6.42 Å². The van der Waals surface area contributed by atoms with Crippen LogP contribution in [0.25, 0.3) is 0 Å². The Bertz CT molecular complexity index is 699. The van der Waals surface area contributed by atoms with Gasteiger partial charge < -0.3 is 19.7 Å². The molecule has 0 saturated carbocycles. The van der Waals surface area contributed by atoms with E-state index >= 15 is 0 Å². The fraction of sp³-hybridized carbons (Fsp3) is 0.526. The van der Waals surface area contributed by atoms with E-state index in [9.17, 15) is 14.8 Å². The summed E-state index contributed by atoms with van der Waals surface area (Å²) in [6.45, 7) is 10.8. The topological polar surface area (TPSA) is 73.2 Å². The van der Waals surface area contributed by atoms with Crippen molar-refractivity contribution < 1.29 is 19.6 Å². The Morgan fingerprint density at radius 2 is 1.88 bits per heavy atom. The Morgan fingerprint density at radius 3 is 2.38 bits per heavy atom. The van der Waals surface area contributed by atoms with Gasteiger partial charge in [0.05, 0.1) is 0 Å². The molecule has 1 aliphatic heterocycles. The van der Waals surface area contributed by atoms with Crippen molar-refractivity contribution in [1.29, 1.82) is 0 Å². The molecule has 1 fully saturated rings. The summed E-state index contributed by atoms with van der Waals surface area (Å²) in [7, 11) is -1.55. The monoisotopic (exact) mass is 358 g/mol. The number of benzene rings is 1. The summed E-state index contributed by atoms with van der Waals surface area (Å²) in [5.74, 6) is 2.60. The van der Waals surface area contributed by atoms with E-state index in [2.05, 4.69) is 10.8 Å². The van der Waals surface area contributed by atoms with Crippen LogP contribution in [0.2, 0.25) is 0 Å². The van der Waals surface area contributed by atoms with E-state index in [1.807, 2.05) is 27.7 Å². The molecule has 1 heterocycles. The van der Waals surface area contributed by atoms with Crippen LogP contribution in [0.1, 0.15) is 37.5 Å². The van der Waals surface area contributed by atoms with Crippen molar-refractivity contribution in [2.45, 2.75) is 39.8 Å². The van der Waals surface area contributed by atoms with Crippen molar-refractivity contribution in [3.63, 3.8) is 0 Å². The molecule has 0 atom stereocenters. The first-order chi connectivity index (χ1) is 12.1. The average molecular weight is 358 g/mol. The second-order valence-electron chi connectivity index (χ2n) is 7.61. The smallest absolute Gasteiger partial charge is 0.444 e. The lowest BCUT2D eigenvalue weighted by Gasteiger charge is -2.35. The molecule has 2 N–H and O–H groups in total. The van der Waals surface area contributed by atoms with Crippen molar-refractivity contribution >= 4 is 18.7 Å². The van der Waals surface area contributed by atoms with Crippen molar-refractivity contribution in [2.24, 2.45) is 0 Å². The molecule has 26 heavy (non-hydrogen) atoms. The van der Waals surface area contributed by atoms with Gasteiger partial charge in [-0.3, -0.25) is 4.90 Å². The summed E-state index contributed by atoms with van der Waals surface area (Å²) < 4.78 is 5.41. The third kappa shape index (κ3) is 5.24. The summed E-state index contributed by atoms with van der Waals surface area (Å²) in [6, 6.07) is 3.41. The molecule has 1 saturated heterocycles. The minimum atomic E-state index is -1.55. The van der Waals surface area contributed by atoms with Gasteiger partial charge in [0.25, 0.3) is 0 Å². The molecule has 0 aliphatic carbocycles. The van der Waals surface area contributed by atoms with E-state index in [0.29, 0.717) is 30.7 Å². The SMILES string of the molecule is C#Cc1cc(B(O)O)cc(CN2CCN(C(=O)OC(C)(C)C)CC2)c1C. The van der Waals surface area contributed by atoms with Crippen LogP contribution in [0, 0.1) is 19.3 Å². The van der Waals surface area contributed by atoms with E-state index in [1.165, 1.54) is 0 Å². The summed E-state index contributed by atoms with van der Waals surface area (Å²) in [5, 5.41) is 18.9. The number of rotatable bonds is 3. The fourth-order valence-electron chi connectivity index (χ4n) is 2.92. The van der Waals surface area contributed by atoms with Gasteiger partial charge >= 0.3 is 13.2 Å². The third-order valence-electron chi connectivity index (χ3n) is 4.41. The van der Waals surface area contributed by atoms with Crippen molar-refractivity contribution in [1.82, 2.24) is 9.80 Å². The number of nitrogens with zero attached hydrogens (tertiary/aromatic N) is 2. The molecule has 0 radical (unpaired) electrons. The zero-order valence-electron chi connectivity index (χ0n) is 16.0. The van der Waals surface area contributed by atoms with Crippen LogP contribution in [0.15, 0.2) is 12.1 Å². The maximum Gasteiger partial charge on any atom is 0.488 e. The lowest BCUT2D eigenvalue weighted by molar-refractivity contribution is 0.0139. The number of ether oxygens (including phenoxy) is 1. The minimum absolute atomic E-state index is 0.284. The molecule has 1 aromatic carbocycles. The first-order valence-corrected chi connectivity index (χ1v) is 8.77. The second-order valence-corrected chi connectivity index (χ2v) is 7.61. The quantitative estimate of drug-likeness (QED) is 0.615. The highest BCUT2D eigenvalue weighted by molar-refractivity contribution is 6.58. The standard InChI is InChI=1S/C19H27BN2O4/c1-6-15-11-17(20(24)25)12-16(14(15)2)13-21-7-9-22(10-8-21)18(23)26-19(3,4)5/h1,11-12,24-25H,7-10,13H2,2-5H3. The molecule has 0 bridgehead atoms. The zero-order chi connectivity index (χ0) is 19.5. The van der Waals surface area contributed by atoms with Crippen LogP contribution in [-0.2, 0) is 11.3 Å². The predicted molar refractivity (Wildman–Crippen MR) is 102 cm³/mol. The lowest BCUT2D eigenvalue weighted by atomic mass is 9.77. The van der Waals surface area contributed by atoms with E-state index < -0.39 is 12.7 Å². The molecule has 1 aromatic rings. The van der Waals surface area contributed by atoms with Gasteiger partial charge in [-0.1, -0.05) is 12.0 Å². The normalized spacial score (nSPS) is 15.5. The van der Waals surface area contributed by atoms with E-state index in [0.717, 1.165) is 24.2 Å². The van der Waals surface area contributed by atoms with Gasteiger partial charge in [0.2, 0.25) is 0 Å². The summed E-state index contributed by atoms with van der Waals surface area (Å²) in [4.78, 5) is 16.1. The zero-order valence-corrected chi connectivity index (χ0v) is 16.0. The number of carbonyl (C=O) groups is 1. The Labute approximate surface area is 155 Å². The first kappa shape index (κ1) is 20.3. The molecule has 6 nitrogen and oxygen atoms in total. The average Bonchev–Trinajstić information content (AvgIpc) is 2.55. The van der Waals surface area contributed by atoms with Gasteiger partial charge in [-0.25, -0.2) is 4.79 Å². The molecule has 7 heteroatoms. The van der Waals surface area contributed by atoms with Gasteiger partial charge in [-0.05, 0) is 50.4 Å². The first-order valence-electron chi connectivity index (χ1n) is 8.77. The number of piperazine rings is 1. The van der Waals surface area contributed by atoms with Gasteiger partial charge in [0.1, 0.15) is 5.60 Å². The Hall–Kier alpha value is -2.01. The summed E-state index contributed by atoms with van der Waals surface area (Å²) in [6.07, 6.45) is 5.25. The van der Waals surface area contributed by atoms with E-state index in [-0.39, 0.29) is 6.09 Å². The van der Waals surface area contributed by atoms with Gasteiger partial charge in [-0.2, -0.15) is 0 Å². The van der Waals surface area contributed by atoms with Crippen LogP contribution in [0.5, 0.6) is 0 Å². The third-order valence-corrected chi connectivity index (χ3v) is 4.41. The minimum Gasteiger partial charge on any atom is -0.444 e. The number of hydrogen-bond donors (Lipinski definition) is 2. The molecular formula is C19H27BN2O4. The highest BCUT2D eigenvalue weighted by Gasteiger charge is 2.26. The molecule has 140 valence electrons. The van der Waals surface area contributed by atoms with Gasteiger partial charge in [0, 0.05) is 38.3 Å². The molecule has 1 amide bonds. The van der Waals surface area contributed by atoms with Crippen LogP contribution in [0.3, 0.4) is 0 Å². The highest BCUT2D eigenvalue weighted by atomic mass is 16.6. The van der Waals surface area contributed by atoms with E-state index in [4.69, 9.17) is 11.2 Å². The molecule has 0 aromatic heterocycles. The van der Waals surface area contributed by atoms with Crippen molar-refractivity contribution in [2.75, 3.05) is 26.2 Å². The van der Waals surface area contributed by atoms with Crippen LogP contribution < -0.4 is 5.46 Å². The Morgan fingerprint density at radius 1 is 1.27 bits per heavy atom. The summed E-state index contributed by atoms with van der Waals surface area (Å²) in [5.41, 5.74) is 2.49. The number of carbonyl (C=O) groups excluding carboxylic acids is 1. The number of terminal acetylenes is 1. The molecule has 1 aliphatic rings. The molecule has 0 spiro atoms. The number of hydrogen-bond acceptors (Lipinski definition) is 5. The fourth-order valence-corrected chi connectivity index (χ4v) is 2.92. The highest BCUT2D eigenvalue weighted by Crippen LogP contribution is 2.17. The maximum atomic E-state index is 12.1. The molecule has 0 unspecified atom stereocenters. The van der Waals surface area contributed by atoms with E-state index in [1.54, 1.807) is 17.0 Å². The van der Waals surface area contributed by atoms with Crippen molar-refractivity contribution in [3.05, 3.63) is 28.8 Å². The molecular weight excluding hydrogens is 331 g/mol. The van der Waals surface area contributed by atoms with Crippen LogP contribution in [-0.4, -0.2) is 64.8 Å². The molecule has 2 rings (SSSR count). The van der Waals surface area contributed by atoms with Crippen LogP contribution >= 0.6 is 0 Å². The Kier molecular flexibility index (Phi) is 6.35. The Balaban J connectivity index is 2.03. The lowest BCUT2D eigenvalue weighted by Crippen LogP contribution is -2.49. The maximum absolute atomic E-state index is 12.1. The number of amides is 1. The largest absolute Gasteiger partial charge is 0.488 e. The predicted octanol–water partition coefficient (Wildman–Crippen LogP) is 0.709.